The van der Waals surface area contributed by atoms with Crippen molar-refractivity contribution in [2.45, 2.75) is 13.3 Å². The second-order valence-electron chi connectivity index (χ2n) is 4.84. The summed E-state index contributed by atoms with van der Waals surface area (Å²) in [6.45, 7) is 3.04. The zero-order valence-corrected chi connectivity index (χ0v) is 12.1. The molecule has 110 valence electrons. The molecule has 2 aromatic carbocycles. The summed E-state index contributed by atoms with van der Waals surface area (Å²) < 4.78 is 5.56. The Kier molecular flexibility index (Phi) is 5.21. The lowest BCUT2D eigenvalue weighted by atomic mass is 10.1. The molecule has 0 unspecified atom stereocenters. The van der Waals surface area contributed by atoms with Crippen LogP contribution in [0.25, 0.3) is 0 Å². The van der Waals surface area contributed by atoms with Gasteiger partial charge in [0.2, 0.25) is 0 Å². The summed E-state index contributed by atoms with van der Waals surface area (Å²) in [5.74, 6) is 0.760. The Morgan fingerprint density at radius 3 is 2.67 bits per heavy atom. The summed E-state index contributed by atoms with van der Waals surface area (Å²) in [5, 5.41) is 2.87. The van der Waals surface area contributed by atoms with Gasteiger partial charge in [-0.25, -0.2) is 0 Å². The molecule has 0 saturated carbocycles. The van der Waals surface area contributed by atoms with Gasteiger partial charge in [-0.2, -0.15) is 0 Å². The number of hydrogen-bond acceptors (Lipinski definition) is 3. The highest BCUT2D eigenvalue weighted by molar-refractivity contribution is 5.94. The smallest absolute Gasteiger partial charge is 0.251 e. The number of hydrogen-bond donors (Lipinski definition) is 2. The maximum Gasteiger partial charge on any atom is 0.251 e. The topological polar surface area (TPSA) is 64.3 Å². The average Bonchev–Trinajstić information content (AvgIpc) is 2.50. The van der Waals surface area contributed by atoms with Crippen molar-refractivity contribution in [2.24, 2.45) is 0 Å². The number of aryl methyl sites for hydroxylation is 1. The number of amides is 1. The molecule has 0 bridgehead atoms. The van der Waals surface area contributed by atoms with Crippen LogP contribution in [0.4, 0.5) is 5.69 Å². The van der Waals surface area contributed by atoms with Crippen molar-refractivity contribution >= 4 is 11.6 Å². The standard InChI is InChI=1S/C17H20N2O2/c1-13-12-14(8-9-16(13)18)17(20)19-10-5-11-21-15-6-3-2-4-7-15/h2-4,6-9,12H,5,10-11,18H2,1H3,(H,19,20). The quantitative estimate of drug-likeness (QED) is 0.633. The molecular weight excluding hydrogens is 264 g/mol. The van der Waals surface area contributed by atoms with Crippen LogP contribution < -0.4 is 15.8 Å². The Balaban J connectivity index is 1.71. The minimum absolute atomic E-state index is 0.0854. The molecule has 0 aliphatic heterocycles. The van der Waals surface area contributed by atoms with Crippen LogP contribution in [0.1, 0.15) is 22.3 Å². The molecule has 21 heavy (non-hydrogen) atoms. The predicted octanol–water partition coefficient (Wildman–Crippen LogP) is 2.78. The lowest BCUT2D eigenvalue weighted by Crippen LogP contribution is -2.25. The van der Waals surface area contributed by atoms with Gasteiger partial charge >= 0.3 is 0 Å². The van der Waals surface area contributed by atoms with Crippen LogP contribution in [-0.4, -0.2) is 19.1 Å². The Hall–Kier alpha value is -2.49. The van der Waals surface area contributed by atoms with E-state index < -0.39 is 0 Å². The highest BCUT2D eigenvalue weighted by Crippen LogP contribution is 2.12. The van der Waals surface area contributed by atoms with Gasteiger partial charge < -0.3 is 15.8 Å². The maximum atomic E-state index is 11.9. The predicted molar refractivity (Wildman–Crippen MR) is 84.5 cm³/mol. The van der Waals surface area contributed by atoms with Gasteiger partial charge in [-0.3, -0.25) is 4.79 Å². The number of para-hydroxylation sites is 1. The lowest BCUT2D eigenvalue weighted by molar-refractivity contribution is 0.0951. The molecule has 0 atom stereocenters. The highest BCUT2D eigenvalue weighted by Gasteiger charge is 2.05. The van der Waals surface area contributed by atoms with Gasteiger partial charge in [0.05, 0.1) is 6.61 Å². The van der Waals surface area contributed by atoms with Gasteiger partial charge in [0.1, 0.15) is 5.75 Å². The maximum absolute atomic E-state index is 11.9. The molecular formula is C17H20N2O2. The summed E-state index contributed by atoms with van der Waals surface area (Å²) in [6.07, 6.45) is 0.759. The Morgan fingerprint density at radius 2 is 1.95 bits per heavy atom. The van der Waals surface area contributed by atoms with Gasteiger partial charge in [-0.05, 0) is 49.2 Å². The third-order valence-electron chi connectivity index (χ3n) is 3.15. The van der Waals surface area contributed by atoms with Crippen LogP contribution in [0.15, 0.2) is 48.5 Å². The summed E-state index contributed by atoms with van der Waals surface area (Å²) in [4.78, 5) is 11.9. The molecule has 0 aliphatic rings. The number of benzene rings is 2. The third kappa shape index (κ3) is 4.53. The van der Waals surface area contributed by atoms with Crippen molar-refractivity contribution in [1.82, 2.24) is 5.32 Å². The fourth-order valence-electron chi connectivity index (χ4n) is 1.90. The summed E-state index contributed by atoms with van der Waals surface area (Å²) in [5.41, 5.74) is 7.97. The number of nitrogens with two attached hydrogens (primary N) is 1. The van der Waals surface area contributed by atoms with Crippen LogP contribution in [0.2, 0.25) is 0 Å². The SMILES string of the molecule is Cc1cc(C(=O)NCCCOc2ccccc2)ccc1N. The van der Waals surface area contributed by atoms with Crippen LogP contribution in [0.5, 0.6) is 5.75 Å². The fraction of sp³-hybridized carbons (Fsp3) is 0.235. The van der Waals surface area contributed by atoms with E-state index in [0.29, 0.717) is 24.4 Å². The molecule has 0 fully saturated rings. The Morgan fingerprint density at radius 1 is 1.19 bits per heavy atom. The van der Waals surface area contributed by atoms with Gasteiger partial charge in [0.25, 0.3) is 5.91 Å². The van der Waals surface area contributed by atoms with E-state index in [4.69, 9.17) is 10.5 Å². The molecule has 2 aromatic rings. The molecule has 4 nitrogen and oxygen atoms in total. The average molecular weight is 284 g/mol. The molecule has 1 amide bonds. The molecule has 0 aromatic heterocycles. The van der Waals surface area contributed by atoms with E-state index in [1.807, 2.05) is 37.3 Å². The van der Waals surface area contributed by atoms with Crippen molar-refractivity contribution in [3.63, 3.8) is 0 Å². The van der Waals surface area contributed by atoms with Crippen LogP contribution >= 0.6 is 0 Å². The van der Waals surface area contributed by atoms with Crippen molar-refractivity contribution in [3.05, 3.63) is 59.7 Å². The first-order chi connectivity index (χ1) is 10.2. The number of anilines is 1. The van der Waals surface area contributed by atoms with E-state index >= 15 is 0 Å². The molecule has 0 radical (unpaired) electrons. The first-order valence-electron chi connectivity index (χ1n) is 6.99. The van der Waals surface area contributed by atoms with Crippen molar-refractivity contribution in [3.8, 4) is 5.75 Å². The molecule has 3 N–H and O–H groups in total. The number of nitrogen functional groups attached to an aromatic ring is 1. The van der Waals surface area contributed by atoms with Crippen LogP contribution in [0.3, 0.4) is 0 Å². The number of rotatable bonds is 6. The minimum Gasteiger partial charge on any atom is -0.494 e. The molecule has 0 spiro atoms. The third-order valence-corrected chi connectivity index (χ3v) is 3.15. The zero-order valence-electron chi connectivity index (χ0n) is 12.1. The number of carbonyl (C=O) groups excluding carboxylic acids is 1. The van der Waals surface area contributed by atoms with E-state index in [-0.39, 0.29) is 5.91 Å². The van der Waals surface area contributed by atoms with E-state index in [1.165, 1.54) is 0 Å². The van der Waals surface area contributed by atoms with Gasteiger partial charge in [0, 0.05) is 17.8 Å². The van der Waals surface area contributed by atoms with Crippen LogP contribution in [0, 0.1) is 6.92 Å². The second kappa shape index (κ2) is 7.33. The van der Waals surface area contributed by atoms with Crippen molar-refractivity contribution < 1.29 is 9.53 Å². The van der Waals surface area contributed by atoms with Crippen molar-refractivity contribution in [2.75, 3.05) is 18.9 Å². The van der Waals surface area contributed by atoms with Crippen LogP contribution in [-0.2, 0) is 0 Å². The van der Waals surface area contributed by atoms with Crippen molar-refractivity contribution in [1.29, 1.82) is 0 Å². The fourth-order valence-corrected chi connectivity index (χ4v) is 1.90. The van der Waals surface area contributed by atoms with E-state index in [9.17, 15) is 4.79 Å². The molecule has 0 aliphatic carbocycles. The number of carbonyl (C=O) groups is 1. The summed E-state index contributed by atoms with van der Waals surface area (Å²) in [6, 6.07) is 14.9. The normalized spacial score (nSPS) is 10.1. The Bertz CT molecular complexity index is 597. The van der Waals surface area contributed by atoms with E-state index in [2.05, 4.69) is 5.32 Å². The van der Waals surface area contributed by atoms with Gasteiger partial charge in [0.15, 0.2) is 0 Å². The monoisotopic (exact) mass is 284 g/mol. The Labute approximate surface area is 124 Å². The summed E-state index contributed by atoms with van der Waals surface area (Å²) >= 11 is 0. The lowest BCUT2D eigenvalue weighted by Gasteiger charge is -2.08. The first-order valence-corrected chi connectivity index (χ1v) is 6.99. The highest BCUT2D eigenvalue weighted by atomic mass is 16.5. The number of ether oxygens (including phenoxy) is 1. The minimum atomic E-state index is -0.0854. The summed E-state index contributed by atoms with van der Waals surface area (Å²) in [7, 11) is 0. The van der Waals surface area contributed by atoms with E-state index in [0.717, 1.165) is 17.7 Å². The van der Waals surface area contributed by atoms with Gasteiger partial charge in [-0.1, -0.05) is 18.2 Å². The van der Waals surface area contributed by atoms with E-state index in [1.54, 1.807) is 18.2 Å². The molecule has 2 rings (SSSR count). The second-order valence-corrected chi connectivity index (χ2v) is 4.84. The number of nitrogens with one attached hydrogen (secondary N) is 1. The molecule has 0 heterocycles. The zero-order chi connectivity index (χ0) is 15.1. The van der Waals surface area contributed by atoms with Gasteiger partial charge in [-0.15, -0.1) is 0 Å². The first kappa shape index (κ1) is 14.9. The largest absolute Gasteiger partial charge is 0.494 e. The molecule has 0 saturated heterocycles. The molecule has 4 heteroatoms.